The Hall–Kier alpha value is -3.16. The fraction of sp³-hybridized carbons (Fsp3) is 0.200. The number of carbonyl (C=O) groups excluding carboxylic acids is 3. The van der Waals surface area contributed by atoms with Gasteiger partial charge in [-0.25, -0.2) is 4.79 Å². The van der Waals surface area contributed by atoms with Crippen LogP contribution in [0.25, 0.3) is 0 Å². The van der Waals surface area contributed by atoms with Gasteiger partial charge in [-0.05, 0) is 24.3 Å². The van der Waals surface area contributed by atoms with Gasteiger partial charge in [0.05, 0.1) is 13.5 Å². The second-order valence-corrected chi connectivity index (χ2v) is 4.71. The molecule has 1 atom stereocenters. The smallest absolute Gasteiger partial charge is 0.327 e. The minimum Gasteiger partial charge on any atom is -0.497 e. The minimum absolute atomic E-state index is 0.442. The molecule has 8 heteroatoms. The van der Waals surface area contributed by atoms with Gasteiger partial charge in [0.2, 0.25) is 5.91 Å². The van der Waals surface area contributed by atoms with E-state index in [4.69, 9.17) is 4.74 Å². The standard InChI is InChI=1S/C15H14N2O6/c1-23-10-4-2-9(3-5-10)16-12(18)8-11(15(21)22)17-13(19)6-7-14(17)20/h2-7,11H,8H2,1H3,(H,16,18)(H,21,22). The van der Waals surface area contributed by atoms with Crippen molar-refractivity contribution in [3.63, 3.8) is 0 Å². The van der Waals surface area contributed by atoms with Crippen LogP contribution in [0.4, 0.5) is 5.69 Å². The van der Waals surface area contributed by atoms with Gasteiger partial charge in [0.15, 0.2) is 0 Å². The number of nitrogens with one attached hydrogen (secondary N) is 1. The number of carbonyl (C=O) groups is 4. The average molecular weight is 318 g/mol. The summed E-state index contributed by atoms with van der Waals surface area (Å²) in [7, 11) is 1.50. The SMILES string of the molecule is COc1ccc(NC(=O)CC(C(=O)O)N2C(=O)C=CC2=O)cc1. The quantitative estimate of drug-likeness (QED) is 0.734. The van der Waals surface area contributed by atoms with E-state index in [1.165, 1.54) is 7.11 Å². The summed E-state index contributed by atoms with van der Waals surface area (Å²) >= 11 is 0. The topological polar surface area (TPSA) is 113 Å². The summed E-state index contributed by atoms with van der Waals surface area (Å²) in [4.78, 5) is 46.9. The molecular formula is C15H14N2O6. The highest BCUT2D eigenvalue weighted by atomic mass is 16.5. The Labute approximate surface area is 131 Å². The number of anilines is 1. The summed E-state index contributed by atoms with van der Waals surface area (Å²) in [6.07, 6.45) is 1.40. The zero-order valence-electron chi connectivity index (χ0n) is 12.2. The molecule has 0 saturated carbocycles. The maximum absolute atomic E-state index is 12.0. The first-order chi connectivity index (χ1) is 10.9. The van der Waals surface area contributed by atoms with E-state index in [1.54, 1.807) is 24.3 Å². The van der Waals surface area contributed by atoms with Gasteiger partial charge >= 0.3 is 5.97 Å². The first-order valence-corrected chi connectivity index (χ1v) is 6.64. The molecule has 0 saturated heterocycles. The number of carboxylic acids is 1. The maximum Gasteiger partial charge on any atom is 0.327 e. The first kappa shape index (κ1) is 16.2. The summed E-state index contributed by atoms with van der Waals surface area (Å²) in [6.45, 7) is 0. The van der Waals surface area contributed by atoms with E-state index < -0.39 is 36.2 Å². The van der Waals surface area contributed by atoms with E-state index in [2.05, 4.69) is 5.32 Å². The molecule has 1 unspecified atom stereocenters. The number of rotatable bonds is 6. The van der Waals surface area contributed by atoms with E-state index in [9.17, 15) is 24.3 Å². The molecular weight excluding hydrogens is 304 g/mol. The van der Waals surface area contributed by atoms with Crippen molar-refractivity contribution in [2.24, 2.45) is 0 Å². The molecule has 0 aromatic heterocycles. The molecule has 8 nitrogen and oxygen atoms in total. The van der Waals surface area contributed by atoms with E-state index in [1.807, 2.05) is 0 Å². The predicted molar refractivity (Wildman–Crippen MR) is 78.7 cm³/mol. The molecule has 0 spiro atoms. The molecule has 1 aliphatic rings. The van der Waals surface area contributed by atoms with Gasteiger partial charge in [0, 0.05) is 17.8 Å². The van der Waals surface area contributed by atoms with Crippen LogP contribution in [-0.4, -0.2) is 46.8 Å². The summed E-state index contributed by atoms with van der Waals surface area (Å²) in [5, 5.41) is 11.7. The molecule has 1 aromatic carbocycles. The van der Waals surface area contributed by atoms with Gasteiger partial charge in [0.25, 0.3) is 11.8 Å². The van der Waals surface area contributed by atoms with Crippen molar-refractivity contribution in [1.82, 2.24) is 4.90 Å². The van der Waals surface area contributed by atoms with E-state index >= 15 is 0 Å². The summed E-state index contributed by atoms with van der Waals surface area (Å²) in [5.74, 6) is -2.96. The number of hydrogen-bond donors (Lipinski definition) is 2. The number of benzene rings is 1. The van der Waals surface area contributed by atoms with Crippen LogP contribution in [0.1, 0.15) is 6.42 Å². The number of amides is 3. The Balaban J connectivity index is 2.05. The van der Waals surface area contributed by atoms with Crippen LogP contribution in [0.2, 0.25) is 0 Å². The van der Waals surface area contributed by atoms with E-state index in [0.29, 0.717) is 16.3 Å². The molecule has 1 heterocycles. The maximum atomic E-state index is 12.0. The third-order valence-electron chi connectivity index (χ3n) is 3.19. The highest BCUT2D eigenvalue weighted by molar-refractivity contribution is 6.15. The predicted octanol–water partition coefficient (Wildman–Crippen LogP) is 0.402. The fourth-order valence-corrected chi connectivity index (χ4v) is 2.07. The second kappa shape index (κ2) is 6.73. The van der Waals surface area contributed by atoms with Crippen molar-refractivity contribution < 1.29 is 29.0 Å². The van der Waals surface area contributed by atoms with Crippen LogP contribution < -0.4 is 10.1 Å². The van der Waals surface area contributed by atoms with E-state index in [-0.39, 0.29) is 0 Å². The third-order valence-corrected chi connectivity index (χ3v) is 3.19. The number of methoxy groups -OCH3 is 1. The molecule has 0 bridgehead atoms. The first-order valence-electron chi connectivity index (χ1n) is 6.64. The van der Waals surface area contributed by atoms with Gasteiger partial charge in [-0.1, -0.05) is 0 Å². The fourth-order valence-electron chi connectivity index (χ4n) is 2.07. The summed E-state index contributed by atoms with van der Waals surface area (Å²) in [5.41, 5.74) is 0.442. The molecule has 0 fully saturated rings. The Morgan fingerprint density at radius 2 is 1.74 bits per heavy atom. The van der Waals surface area contributed by atoms with Crippen molar-refractivity contribution >= 4 is 29.4 Å². The van der Waals surface area contributed by atoms with Crippen molar-refractivity contribution in [1.29, 1.82) is 0 Å². The van der Waals surface area contributed by atoms with Crippen LogP contribution in [0.5, 0.6) is 5.75 Å². The molecule has 1 aromatic rings. The van der Waals surface area contributed by atoms with Gasteiger partial charge in [-0.2, -0.15) is 0 Å². The van der Waals surface area contributed by atoms with Crippen LogP contribution in [0.3, 0.4) is 0 Å². The highest BCUT2D eigenvalue weighted by Gasteiger charge is 2.37. The normalized spacial score (nSPS) is 14.7. The average Bonchev–Trinajstić information content (AvgIpc) is 2.84. The molecule has 120 valence electrons. The monoisotopic (exact) mass is 318 g/mol. The lowest BCUT2D eigenvalue weighted by molar-refractivity contribution is -0.154. The van der Waals surface area contributed by atoms with Gasteiger partial charge in [-0.15, -0.1) is 0 Å². The third kappa shape index (κ3) is 3.73. The Morgan fingerprint density at radius 3 is 2.22 bits per heavy atom. The number of ether oxygens (including phenoxy) is 1. The number of carboxylic acid groups (broad SMARTS) is 1. The van der Waals surface area contributed by atoms with Crippen molar-refractivity contribution in [2.75, 3.05) is 12.4 Å². The van der Waals surface area contributed by atoms with Crippen LogP contribution in [0.15, 0.2) is 36.4 Å². The summed E-state index contributed by atoms with van der Waals surface area (Å²) in [6, 6.07) is 4.87. The van der Waals surface area contributed by atoms with Crippen molar-refractivity contribution in [3.05, 3.63) is 36.4 Å². The molecule has 2 rings (SSSR count). The molecule has 3 amide bonds. The second-order valence-electron chi connectivity index (χ2n) is 4.71. The lowest BCUT2D eigenvalue weighted by Gasteiger charge is -2.21. The van der Waals surface area contributed by atoms with Gasteiger partial charge < -0.3 is 15.2 Å². The van der Waals surface area contributed by atoms with Crippen LogP contribution >= 0.6 is 0 Å². The van der Waals surface area contributed by atoms with Gasteiger partial charge in [0.1, 0.15) is 11.8 Å². The van der Waals surface area contributed by atoms with Crippen molar-refractivity contribution in [2.45, 2.75) is 12.5 Å². The number of aliphatic carboxylic acids is 1. The Kier molecular flexibility index (Phi) is 4.75. The Morgan fingerprint density at radius 1 is 1.17 bits per heavy atom. The molecule has 2 N–H and O–H groups in total. The number of imide groups is 1. The number of nitrogens with zero attached hydrogens (tertiary/aromatic N) is 1. The zero-order valence-corrected chi connectivity index (χ0v) is 12.2. The Bertz CT molecular complexity index is 662. The van der Waals surface area contributed by atoms with E-state index in [0.717, 1.165) is 12.2 Å². The minimum atomic E-state index is -1.55. The van der Waals surface area contributed by atoms with Crippen LogP contribution in [0, 0.1) is 0 Å². The molecule has 23 heavy (non-hydrogen) atoms. The van der Waals surface area contributed by atoms with Gasteiger partial charge in [-0.3, -0.25) is 19.3 Å². The lowest BCUT2D eigenvalue weighted by Crippen LogP contribution is -2.46. The zero-order chi connectivity index (χ0) is 17.0. The largest absolute Gasteiger partial charge is 0.497 e. The highest BCUT2D eigenvalue weighted by Crippen LogP contribution is 2.17. The number of hydrogen-bond acceptors (Lipinski definition) is 5. The van der Waals surface area contributed by atoms with Crippen molar-refractivity contribution in [3.8, 4) is 5.75 Å². The molecule has 0 radical (unpaired) electrons. The summed E-state index contributed by atoms with van der Waals surface area (Å²) < 4.78 is 4.98. The van der Waals surface area contributed by atoms with Crippen LogP contribution in [-0.2, 0) is 19.2 Å². The molecule has 1 aliphatic heterocycles. The lowest BCUT2D eigenvalue weighted by atomic mass is 10.1. The molecule has 0 aliphatic carbocycles.